The number of imide groups is 1. The highest BCUT2D eigenvalue weighted by Gasteiger charge is 2.17. The van der Waals surface area contributed by atoms with Crippen LogP contribution in [0.5, 0.6) is 0 Å². The molecule has 0 aromatic rings. The lowest BCUT2D eigenvalue weighted by molar-refractivity contribution is -0.142. The molecule has 0 aromatic heterocycles. The number of alkyl halides is 1. The van der Waals surface area contributed by atoms with Gasteiger partial charge in [0.25, 0.3) is 0 Å². The van der Waals surface area contributed by atoms with Crippen molar-refractivity contribution in [2.45, 2.75) is 58.3 Å². The number of rotatable bonds is 7. The number of halogens is 1. The number of amides is 2. The van der Waals surface area contributed by atoms with E-state index >= 15 is 0 Å². The molecule has 2 amide bonds. The number of unbranched alkanes of at least 4 members (excludes halogenated alkanes) is 3. The molecule has 0 fully saturated rings. The normalized spacial score (nSPS) is 12.2. The third kappa shape index (κ3) is 6.83. The number of hydrogen-bond donors (Lipinski definition) is 0. The molecule has 0 radical (unpaired) electrons. The van der Waals surface area contributed by atoms with Crippen molar-refractivity contribution in [1.29, 1.82) is 0 Å². The molecule has 0 heterocycles. The molecular formula is C12H22ClNO2. The average Bonchev–Trinajstić information content (AvgIpc) is 2.20. The maximum Gasteiger partial charge on any atom is 0.226 e. The van der Waals surface area contributed by atoms with Crippen LogP contribution < -0.4 is 0 Å². The summed E-state index contributed by atoms with van der Waals surface area (Å²) in [5, 5.41) is -0.121. The lowest BCUT2D eigenvalue weighted by Gasteiger charge is -2.20. The molecule has 16 heavy (non-hydrogen) atoms. The number of carbonyl (C=O) groups is 2. The first-order chi connectivity index (χ1) is 7.49. The van der Waals surface area contributed by atoms with E-state index in [4.69, 9.17) is 11.6 Å². The predicted octanol–water partition coefficient (Wildman–Crippen LogP) is 2.96. The summed E-state index contributed by atoms with van der Waals surface area (Å²) < 4.78 is 0. The van der Waals surface area contributed by atoms with Crippen LogP contribution in [0.15, 0.2) is 0 Å². The number of carbonyl (C=O) groups excluding carboxylic acids is 2. The van der Waals surface area contributed by atoms with Gasteiger partial charge in [-0.15, -0.1) is 11.6 Å². The lowest BCUT2D eigenvalue weighted by atomic mass is 10.1. The molecular weight excluding hydrogens is 226 g/mol. The van der Waals surface area contributed by atoms with Gasteiger partial charge in [-0.25, -0.2) is 0 Å². The Morgan fingerprint density at radius 3 is 2.12 bits per heavy atom. The molecule has 0 aliphatic heterocycles. The van der Waals surface area contributed by atoms with Crippen molar-refractivity contribution in [1.82, 2.24) is 4.90 Å². The van der Waals surface area contributed by atoms with Crippen LogP contribution in [0.1, 0.15) is 52.9 Å². The van der Waals surface area contributed by atoms with E-state index in [2.05, 4.69) is 6.92 Å². The first-order valence-electron chi connectivity index (χ1n) is 5.91. The van der Waals surface area contributed by atoms with E-state index in [1.807, 2.05) is 0 Å². The summed E-state index contributed by atoms with van der Waals surface area (Å²) >= 11 is 6.10. The molecule has 1 unspecified atom stereocenters. The van der Waals surface area contributed by atoms with Gasteiger partial charge in [-0.2, -0.15) is 0 Å². The summed E-state index contributed by atoms with van der Waals surface area (Å²) in [5.41, 5.74) is 0. The van der Waals surface area contributed by atoms with E-state index in [0.29, 0.717) is 6.54 Å². The summed E-state index contributed by atoms with van der Waals surface area (Å²) in [4.78, 5) is 23.5. The fourth-order valence-electron chi connectivity index (χ4n) is 1.56. The van der Waals surface area contributed by atoms with Crippen LogP contribution >= 0.6 is 11.6 Å². The number of hydrogen-bond acceptors (Lipinski definition) is 2. The molecule has 0 spiro atoms. The van der Waals surface area contributed by atoms with Crippen molar-refractivity contribution >= 4 is 23.4 Å². The quantitative estimate of drug-likeness (QED) is 0.512. The van der Waals surface area contributed by atoms with E-state index in [1.165, 1.54) is 38.0 Å². The summed E-state index contributed by atoms with van der Waals surface area (Å²) in [6.45, 7) is 5.27. The lowest BCUT2D eigenvalue weighted by Crippen LogP contribution is -2.37. The second-order valence-corrected chi connectivity index (χ2v) is 4.71. The van der Waals surface area contributed by atoms with E-state index in [1.54, 1.807) is 0 Å². The Bertz CT molecular complexity index is 217. The van der Waals surface area contributed by atoms with Gasteiger partial charge in [0.1, 0.15) is 0 Å². The second kappa shape index (κ2) is 8.57. The molecule has 3 nitrogen and oxygen atoms in total. The van der Waals surface area contributed by atoms with Gasteiger partial charge < -0.3 is 0 Å². The minimum atomic E-state index is -0.230. The van der Waals surface area contributed by atoms with Gasteiger partial charge in [0.05, 0.1) is 5.38 Å². The minimum absolute atomic E-state index is 0.121. The Morgan fingerprint density at radius 2 is 1.69 bits per heavy atom. The molecule has 0 aromatic carbocycles. The summed E-state index contributed by atoms with van der Waals surface area (Å²) in [6.07, 6.45) is 5.50. The SMILES string of the molecule is CCCCCCC(Cl)CN(C(C)=O)C(C)=O. The predicted molar refractivity (Wildman–Crippen MR) is 66.5 cm³/mol. The maximum atomic E-state index is 11.1. The van der Waals surface area contributed by atoms with E-state index in [9.17, 15) is 9.59 Å². The molecule has 1 atom stereocenters. The molecule has 94 valence electrons. The van der Waals surface area contributed by atoms with Gasteiger partial charge in [0.2, 0.25) is 11.8 Å². The first-order valence-corrected chi connectivity index (χ1v) is 6.35. The second-order valence-electron chi connectivity index (χ2n) is 4.10. The highest BCUT2D eigenvalue weighted by atomic mass is 35.5. The Morgan fingerprint density at radius 1 is 1.12 bits per heavy atom. The van der Waals surface area contributed by atoms with E-state index < -0.39 is 0 Å². The molecule has 4 heteroatoms. The largest absolute Gasteiger partial charge is 0.282 e. The van der Waals surface area contributed by atoms with Gasteiger partial charge in [0.15, 0.2) is 0 Å². The fraction of sp³-hybridized carbons (Fsp3) is 0.833. The zero-order valence-corrected chi connectivity index (χ0v) is 11.2. The van der Waals surface area contributed by atoms with E-state index in [-0.39, 0.29) is 17.2 Å². The highest BCUT2D eigenvalue weighted by molar-refractivity contribution is 6.21. The zero-order valence-electron chi connectivity index (χ0n) is 10.5. The van der Waals surface area contributed by atoms with Crippen LogP contribution in [-0.4, -0.2) is 28.6 Å². The van der Waals surface area contributed by atoms with E-state index in [0.717, 1.165) is 12.8 Å². The smallest absolute Gasteiger partial charge is 0.226 e. The standard InChI is InChI=1S/C12H22ClNO2/c1-4-5-6-7-8-12(13)9-14(10(2)15)11(3)16/h12H,4-9H2,1-3H3. The molecule has 0 N–H and O–H groups in total. The Balaban J connectivity index is 3.87. The molecule has 0 aliphatic rings. The summed E-state index contributed by atoms with van der Waals surface area (Å²) in [6, 6.07) is 0. The monoisotopic (exact) mass is 247 g/mol. The van der Waals surface area contributed by atoms with Crippen molar-refractivity contribution in [2.24, 2.45) is 0 Å². The van der Waals surface area contributed by atoms with Crippen molar-refractivity contribution < 1.29 is 9.59 Å². The van der Waals surface area contributed by atoms with Crippen molar-refractivity contribution in [3.8, 4) is 0 Å². The first kappa shape index (κ1) is 15.4. The summed E-state index contributed by atoms with van der Waals surface area (Å²) in [5.74, 6) is -0.460. The molecule has 0 aliphatic carbocycles. The summed E-state index contributed by atoms with van der Waals surface area (Å²) in [7, 11) is 0. The van der Waals surface area contributed by atoms with Crippen LogP contribution in [0.25, 0.3) is 0 Å². The third-order valence-electron chi connectivity index (χ3n) is 2.51. The van der Waals surface area contributed by atoms with Crippen LogP contribution in [0.3, 0.4) is 0 Å². The zero-order chi connectivity index (χ0) is 12.6. The van der Waals surface area contributed by atoms with Crippen LogP contribution in [0, 0.1) is 0 Å². The van der Waals surface area contributed by atoms with Gasteiger partial charge in [-0.1, -0.05) is 32.6 Å². The third-order valence-corrected chi connectivity index (χ3v) is 2.87. The Labute approximate surface area is 103 Å². The van der Waals surface area contributed by atoms with Gasteiger partial charge in [-0.3, -0.25) is 14.5 Å². The Hall–Kier alpha value is -0.570. The van der Waals surface area contributed by atoms with Gasteiger partial charge in [-0.05, 0) is 6.42 Å². The van der Waals surface area contributed by atoms with Gasteiger partial charge in [0, 0.05) is 20.4 Å². The fourth-order valence-corrected chi connectivity index (χ4v) is 1.85. The minimum Gasteiger partial charge on any atom is -0.282 e. The van der Waals surface area contributed by atoms with Crippen LogP contribution in [-0.2, 0) is 9.59 Å². The van der Waals surface area contributed by atoms with Crippen molar-refractivity contribution in [2.75, 3.05) is 6.54 Å². The molecule has 0 bridgehead atoms. The topological polar surface area (TPSA) is 37.4 Å². The molecule has 0 saturated carbocycles. The molecule has 0 saturated heterocycles. The maximum absolute atomic E-state index is 11.1. The van der Waals surface area contributed by atoms with Crippen molar-refractivity contribution in [3.63, 3.8) is 0 Å². The van der Waals surface area contributed by atoms with Crippen molar-refractivity contribution in [3.05, 3.63) is 0 Å². The van der Waals surface area contributed by atoms with Gasteiger partial charge >= 0.3 is 0 Å². The van der Waals surface area contributed by atoms with Crippen LogP contribution in [0.2, 0.25) is 0 Å². The average molecular weight is 248 g/mol. The highest BCUT2D eigenvalue weighted by Crippen LogP contribution is 2.12. The van der Waals surface area contributed by atoms with Crippen LogP contribution in [0.4, 0.5) is 0 Å². The molecule has 0 rings (SSSR count). The number of nitrogens with zero attached hydrogens (tertiary/aromatic N) is 1. The Kier molecular flexibility index (Phi) is 8.26.